The predicted octanol–water partition coefficient (Wildman–Crippen LogP) is 2.43. The Morgan fingerprint density at radius 1 is 1.44 bits per heavy atom. The van der Waals surface area contributed by atoms with Crippen LogP contribution in [0, 0.1) is 6.92 Å². The third-order valence-corrected chi connectivity index (χ3v) is 5.10. The van der Waals surface area contributed by atoms with E-state index in [0.29, 0.717) is 10.6 Å². The van der Waals surface area contributed by atoms with Crippen molar-refractivity contribution in [1.82, 2.24) is 0 Å². The lowest BCUT2D eigenvalue weighted by molar-refractivity contribution is -0.136. The molecular formula is C12H15ClO4S. The van der Waals surface area contributed by atoms with Gasteiger partial charge >= 0.3 is 5.97 Å². The van der Waals surface area contributed by atoms with E-state index >= 15 is 0 Å². The van der Waals surface area contributed by atoms with Crippen LogP contribution >= 0.6 is 11.6 Å². The van der Waals surface area contributed by atoms with Crippen molar-refractivity contribution in [2.24, 2.45) is 0 Å². The lowest BCUT2D eigenvalue weighted by atomic mass is 10.2. The Bertz CT molecular complexity index is 551. The maximum Gasteiger partial charge on any atom is 0.304 e. The Balaban J connectivity index is 2.92. The van der Waals surface area contributed by atoms with E-state index in [9.17, 15) is 13.2 Å². The molecule has 6 heteroatoms. The molecule has 1 rings (SSSR count). The van der Waals surface area contributed by atoms with Gasteiger partial charge in [-0.15, -0.1) is 0 Å². The monoisotopic (exact) mass is 290 g/mol. The second-order valence-electron chi connectivity index (χ2n) is 4.31. The molecule has 0 aliphatic carbocycles. The van der Waals surface area contributed by atoms with Crippen molar-refractivity contribution in [3.05, 3.63) is 34.3 Å². The van der Waals surface area contributed by atoms with Gasteiger partial charge in [0.1, 0.15) is 0 Å². The minimum atomic E-state index is -3.51. The maximum atomic E-state index is 12.0. The van der Waals surface area contributed by atoms with Gasteiger partial charge in [-0.3, -0.25) is 4.79 Å². The average molecular weight is 291 g/mol. The van der Waals surface area contributed by atoms with Crippen molar-refractivity contribution in [2.45, 2.75) is 31.3 Å². The van der Waals surface area contributed by atoms with Crippen LogP contribution in [0.3, 0.4) is 0 Å². The van der Waals surface area contributed by atoms with Gasteiger partial charge in [0, 0.05) is 5.02 Å². The number of aryl methyl sites for hydroxylation is 1. The molecule has 0 heterocycles. The van der Waals surface area contributed by atoms with Gasteiger partial charge in [0.15, 0.2) is 9.84 Å². The fraction of sp³-hybridized carbons (Fsp3) is 0.417. The number of carboxylic acid groups (broad SMARTS) is 1. The zero-order valence-electron chi connectivity index (χ0n) is 10.2. The van der Waals surface area contributed by atoms with Crippen LogP contribution in [0.4, 0.5) is 0 Å². The van der Waals surface area contributed by atoms with Crippen LogP contribution in [0.25, 0.3) is 0 Å². The SMILES string of the molecule is Cc1ccc(CS(=O)(=O)C(C)CC(=O)O)c(Cl)c1. The highest BCUT2D eigenvalue weighted by Crippen LogP contribution is 2.22. The number of rotatable bonds is 5. The number of benzene rings is 1. The van der Waals surface area contributed by atoms with Crippen LogP contribution in [0.5, 0.6) is 0 Å². The van der Waals surface area contributed by atoms with E-state index in [1.165, 1.54) is 6.92 Å². The standard InChI is InChI=1S/C12H15ClO4S/c1-8-3-4-10(11(13)5-8)7-18(16,17)9(2)6-12(14)15/h3-5,9H,6-7H2,1-2H3,(H,14,15). The number of hydrogen-bond donors (Lipinski definition) is 1. The summed E-state index contributed by atoms with van der Waals surface area (Å²) in [6, 6.07) is 5.12. The summed E-state index contributed by atoms with van der Waals surface area (Å²) < 4.78 is 23.9. The van der Waals surface area contributed by atoms with Crippen molar-refractivity contribution in [3.8, 4) is 0 Å². The number of carbonyl (C=O) groups is 1. The third kappa shape index (κ3) is 3.99. The molecule has 18 heavy (non-hydrogen) atoms. The molecular weight excluding hydrogens is 276 g/mol. The summed E-state index contributed by atoms with van der Waals surface area (Å²) >= 11 is 5.97. The number of halogens is 1. The molecule has 1 N–H and O–H groups in total. The third-order valence-electron chi connectivity index (χ3n) is 2.64. The molecule has 4 nitrogen and oxygen atoms in total. The minimum absolute atomic E-state index is 0.236. The molecule has 1 aromatic rings. The lowest BCUT2D eigenvalue weighted by Gasteiger charge is -2.12. The Morgan fingerprint density at radius 3 is 2.56 bits per heavy atom. The Labute approximate surface area is 112 Å². The fourth-order valence-corrected chi connectivity index (χ4v) is 3.25. The Hall–Kier alpha value is -1.07. The van der Waals surface area contributed by atoms with Gasteiger partial charge in [0.2, 0.25) is 0 Å². The highest BCUT2D eigenvalue weighted by atomic mass is 35.5. The van der Waals surface area contributed by atoms with Crippen LogP contribution in [0.2, 0.25) is 5.02 Å². The quantitative estimate of drug-likeness (QED) is 0.904. The molecule has 1 atom stereocenters. The molecule has 0 aliphatic heterocycles. The van der Waals surface area contributed by atoms with E-state index in [0.717, 1.165) is 5.56 Å². The van der Waals surface area contributed by atoms with Crippen LogP contribution < -0.4 is 0 Å². The molecule has 1 unspecified atom stereocenters. The number of carboxylic acids is 1. The van der Waals surface area contributed by atoms with Crippen LogP contribution in [-0.4, -0.2) is 24.7 Å². The Morgan fingerprint density at radius 2 is 2.06 bits per heavy atom. The Kier molecular flexibility index (Phi) is 4.76. The fourth-order valence-electron chi connectivity index (χ4n) is 1.50. The van der Waals surface area contributed by atoms with E-state index in [1.807, 2.05) is 6.92 Å². The van der Waals surface area contributed by atoms with E-state index in [1.54, 1.807) is 18.2 Å². The molecule has 0 fully saturated rings. The van der Waals surface area contributed by atoms with Gasteiger partial charge < -0.3 is 5.11 Å². The summed E-state index contributed by atoms with van der Waals surface area (Å²) in [5, 5.41) is 8.08. The minimum Gasteiger partial charge on any atom is -0.481 e. The summed E-state index contributed by atoms with van der Waals surface area (Å²) in [5.41, 5.74) is 1.44. The highest BCUT2D eigenvalue weighted by Gasteiger charge is 2.24. The maximum absolute atomic E-state index is 12.0. The van der Waals surface area contributed by atoms with E-state index in [-0.39, 0.29) is 5.75 Å². The summed E-state index contributed by atoms with van der Waals surface area (Å²) in [6.07, 6.45) is -0.397. The summed E-state index contributed by atoms with van der Waals surface area (Å²) in [6.45, 7) is 3.25. The first kappa shape index (κ1) is 15.0. The number of sulfone groups is 1. The summed E-state index contributed by atoms with van der Waals surface area (Å²) in [7, 11) is -3.51. The molecule has 100 valence electrons. The van der Waals surface area contributed by atoms with Gasteiger partial charge in [-0.05, 0) is 31.0 Å². The molecule has 0 saturated heterocycles. The largest absolute Gasteiger partial charge is 0.481 e. The first-order chi connectivity index (χ1) is 8.22. The smallest absolute Gasteiger partial charge is 0.304 e. The topological polar surface area (TPSA) is 71.4 Å². The number of aliphatic carboxylic acids is 1. The molecule has 1 aromatic carbocycles. The molecule has 0 aliphatic rings. The summed E-state index contributed by atoms with van der Waals surface area (Å²) in [5.74, 6) is -1.36. The zero-order chi connectivity index (χ0) is 13.9. The number of hydrogen-bond acceptors (Lipinski definition) is 3. The van der Waals surface area contributed by atoms with Crippen LogP contribution in [0.1, 0.15) is 24.5 Å². The van der Waals surface area contributed by atoms with Gasteiger partial charge in [-0.2, -0.15) is 0 Å². The van der Waals surface area contributed by atoms with E-state index < -0.39 is 27.5 Å². The predicted molar refractivity (Wildman–Crippen MR) is 70.5 cm³/mol. The van der Waals surface area contributed by atoms with E-state index in [4.69, 9.17) is 16.7 Å². The molecule has 0 aromatic heterocycles. The second-order valence-corrected chi connectivity index (χ2v) is 7.14. The van der Waals surface area contributed by atoms with Gasteiger partial charge in [0.25, 0.3) is 0 Å². The van der Waals surface area contributed by atoms with Crippen molar-refractivity contribution in [2.75, 3.05) is 0 Å². The molecule has 0 amide bonds. The highest BCUT2D eigenvalue weighted by molar-refractivity contribution is 7.91. The second kappa shape index (κ2) is 5.71. The van der Waals surface area contributed by atoms with Crippen molar-refractivity contribution >= 4 is 27.4 Å². The van der Waals surface area contributed by atoms with Crippen molar-refractivity contribution in [3.63, 3.8) is 0 Å². The van der Waals surface area contributed by atoms with E-state index in [2.05, 4.69) is 0 Å². The van der Waals surface area contributed by atoms with Crippen LogP contribution in [0.15, 0.2) is 18.2 Å². The van der Waals surface area contributed by atoms with Gasteiger partial charge in [0.05, 0.1) is 17.4 Å². The first-order valence-electron chi connectivity index (χ1n) is 5.41. The lowest BCUT2D eigenvalue weighted by Crippen LogP contribution is -2.23. The zero-order valence-corrected chi connectivity index (χ0v) is 11.8. The molecule has 0 bridgehead atoms. The van der Waals surface area contributed by atoms with Gasteiger partial charge in [-0.1, -0.05) is 23.7 Å². The van der Waals surface area contributed by atoms with Gasteiger partial charge in [-0.25, -0.2) is 8.42 Å². The molecule has 0 spiro atoms. The molecule has 0 radical (unpaired) electrons. The van der Waals surface area contributed by atoms with Crippen molar-refractivity contribution < 1.29 is 18.3 Å². The average Bonchev–Trinajstić information content (AvgIpc) is 2.21. The van der Waals surface area contributed by atoms with Crippen LogP contribution in [-0.2, 0) is 20.4 Å². The first-order valence-corrected chi connectivity index (χ1v) is 7.50. The normalized spacial score (nSPS) is 13.3. The summed E-state index contributed by atoms with van der Waals surface area (Å²) in [4.78, 5) is 10.5. The van der Waals surface area contributed by atoms with Crippen molar-refractivity contribution in [1.29, 1.82) is 0 Å². The molecule has 0 saturated carbocycles.